The molecule has 0 fully saturated rings. The number of hydrogen-bond donors (Lipinski definition) is 2. The van der Waals surface area contributed by atoms with Crippen LogP contribution in [0.2, 0.25) is 5.02 Å². The zero-order valence-corrected chi connectivity index (χ0v) is 17.3. The lowest BCUT2D eigenvalue weighted by atomic mass is 10.2. The SMILES string of the molecule is CCN(CC)S(=O)(=O)c1ccc(O)c(NC(=O)c2ccc(Br)cc2Cl)c1. The summed E-state index contributed by atoms with van der Waals surface area (Å²) in [7, 11) is -3.72. The van der Waals surface area contributed by atoms with Gasteiger partial charge in [-0.2, -0.15) is 4.31 Å². The Morgan fingerprint density at radius 2 is 1.85 bits per heavy atom. The molecule has 26 heavy (non-hydrogen) atoms. The Hall–Kier alpha value is -1.61. The quantitative estimate of drug-likeness (QED) is 0.634. The number of rotatable bonds is 6. The average molecular weight is 462 g/mol. The Morgan fingerprint density at radius 3 is 2.42 bits per heavy atom. The van der Waals surface area contributed by atoms with Crippen molar-refractivity contribution in [3.05, 3.63) is 51.5 Å². The van der Waals surface area contributed by atoms with Crippen LogP contribution in [0.5, 0.6) is 5.75 Å². The maximum atomic E-state index is 12.6. The molecule has 0 unspecified atom stereocenters. The fraction of sp³-hybridized carbons (Fsp3) is 0.235. The summed E-state index contributed by atoms with van der Waals surface area (Å²) in [5.74, 6) is -0.805. The first-order valence-electron chi connectivity index (χ1n) is 7.80. The first kappa shape index (κ1) is 20.7. The largest absolute Gasteiger partial charge is 0.506 e. The fourth-order valence-electron chi connectivity index (χ4n) is 2.35. The molecule has 0 atom stereocenters. The molecule has 6 nitrogen and oxygen atoms in total. The molecule has 2 aromatic carbocycles. The van der Waals surface area contributed by atoms with E-state index in [4.69, 9.17) is 11.6 Å². The smallest absolute Gasteiger partial charge is 0.257 e. The van der Waals surface area contributed by atoms with E-state index >= 15 is 0 Å². The molecule has 0 aliphatic rings. The van der Waals surface area contributed by atoms with Gasteiger partial charge in [-0.3, -0.25) is 4.79 Å². The van der Waals surface area contributed by atoms with Crippen molar-refractivity contribution in [3.8, 4) is 5.75 Å². The normalized spacial score (nSPS) is 11.6. The molecule has 2 N–H and O–H groups in total. The molecule has 0 saturated carbocycles. The Kier molecular flexibility index (Phi) is 6.68. The second kappa shape index (κ2) is 8.39. The number of hydrogen-bond acceptors (Lipinski definition) is 4. The van der Waals surface area contributed by atoms with Crippen molar-refractivity contribution in [1.29, 1.82) is 0 Å². The second-order valence-electron chi connectivity index (χ2n) is 5.35. The summed E-state index contributed by atoms with van der Waals surface area (Å²) >= 11 is 9.31. The number of halogens is 2. The maximum absolute atomic E-state index is 12.6. The van der Waals surface area contributed by atoms with Gasteiger partial charge in [0.2, 0.25) is 10.0 Å². The van der Waals surface area contributed by atoms with E-state index in [2.05, 4.69) is 21.2 Å². The minimum Gasteiger partial charge on any atom is -0.506 e. The van der Waals surface area contributed by atoms with Gasteiger partial charge in [0.25, 0.3) is 5.91 Å². The number of phenols is 1. The molecule has 0 saturated heterocycles. The molecular formula is C17H18BrClN2O4S. The van der Waals surface area contributed by atoms with Crippen LogP contribution in [0.3, 0.4) is 0 Å². The third kappa shape index (κ3) is 4.37. The first-order valence-corrected chi connectivity index (χ1v) is 10.4. The summed E-state index contributed by atoms with van der Waals surface area (Å²) in [6.07, 6.45) is 0. The van der Waals surface area contributed by atoms with Crippen LogP contribution in [-0.2, 0) is 10.0 Å². The zero-order valence-electron chi connectivity index (χ0n) is 14.2. The van der Waals surface area contributed by atoms with Crippen LogP contribution >= 0.6 is 27.5 Å². The second-order valence-corrected chi connectivity index (χ2v) is 8.61. The minimum absolute atomic E-state index is 0.0118. The summed E-state index contributed by atoms with van der Waals surface area (Å²) in [4.78, 5) is 12.4. The Bertz CT molecular complexity index is 930. The van der Waals surface area contributed by atoms with Crippen LogP contribution in [0, 0.1) is 0 Å². The molecule has 0 spiro atoms. The Labute approximate surface area is 166 Å². The summed E-state index contributed by atoms with van der Waals surface area (Å²) in [5.41, 5.74) is 0.188. The first-order chi connectivity index (χ1) is 12.2. The van der Waals surface area contributed by atoms with Crippen molar-refractivity contribution in [1.82, 2.24) is 4.31 Å². The van der Waals surface area contributed by atoms with Gasteiger partial charge in [-0.05, 0) is 36.4 Å². The van der Waals surface area contributed by atoms with Gasteiger partial charge in [-0.1, -0.05) is 41.4 Å². The number of carbonyl (C=O) groups is 1. The van der Waals surface area contributed by atoms with E-state index in [0.29, 0.717) is 17.6 Å². The van der Waals surface area contributed by atoms with E-state index in [-0.39, 0.29) is 26.9 Å². The number of carbonyl (C=O) groups excluding carboxylic acids is 1. The molecule has 9 heteroatoms. The lowest BCUT2D eigenvalue weighted by molar-refractivity contribution is 0.102. The number of benzene rings is 2. The molecular weight excluding hydrogens is 444 g/mol. The number of amides is 1. The average Bonchev–Trinajstić information content (AvgIpc) is 2.57. The van der Waals surface area contributed by atoms with Crippen molar-refractivity contribution < 1.29 is 18.3 Å². The van der Waals surface area contributed by atoms with Crippen molar-refractivity contribution in [3.63, 3.8) is 0 Å². The van der Waals surface area contributed by atoms with E-state index in [0.717, 1.165) is 0 Å². The third-order valence-electron chi connectivity index (χ3n) is 3.74. The summed E-state index contributed by atoms with van der Waals surface area (Å²) < 4.78 is 27.2. The minimum atomic E-state index is -3.72. The predicted molar refractivity (Wildman–Crippen MR) is 105 cm³/mol. The zero-order chi connectivity index (χ0) is 19.5. The lowest BCUT2D eigenvalue weighted by Gasteiger charge is -2.19. The van der Waals surface area contributed by atoms with Gasteiger partial charge in [0.05, 0.1) is 21.2 Å². The van der Waals surface area contributed by atoms with E-state index in [9.17, 15) is 18.3 Å². The highest BCUT2D eigenvalue weighted by Crippen LogP contribution is 2.29. The van der Waals surface area contributed by atoms with Gasteiger partial charge in [0, 0.05) is 17.6 Å². The van der Waals surface area contributed by atoms with Crippen LogP contribution in [-0.4, -0.2) is 36.8 Å². The summed E-state index contributed by atoms with van der Waals surface area (Å²) in [6.45, 7) is 4.10. The van der Waals surface area contributed by atoms with Gasteiger partial charge in [-0.15, -0.1) is 0 Å². The van der Waals surface area contributed by atoms with Gasteiger partial charge < -0.3 is 10.4 Å². The Balaban J connectivity index is 2.37. The summed E-state index contributed by atoms with van der Waals surface area (Å²) in [6, 6.07) is 8.50. The number of aromatic hydroxyl groups is 1. The van der Waals surface area contributed by atoms with Crippen LogP contribution < -0.4 is 5.32 Å². The highest BCUT2D eigenvalue weighted by molar-refractivity contribution is 9.10. The van der Waals surface area contributed by atoms with E-state index in [1.165, 1.54) is 28.6 Å². The molecule has 0 aliphatic carbocycles. The number of phenolic OH excluding ortho intramolecular Hbond substituents is 1. The molecule has 0 heterocycles. The lowest BCUT2D eigenvalue weighted by Crippen LogP contribution is -2.30. The molecule has 0 radical (unpaired) electrons. The van der Waals surface area contributed by atoms with E-state index < -0.39 is 15.9 Å². The number of anilines is 1. The molecule has 0 bridgehead atoms. The van der Waals surface area contributed by atoms with Gasteiger partial charge >= 0.3 is 0 Å². The number of sulfonamides is 1. The number of nitrogens with zero attached hydrogens (tertiary/aromatic N) is 1. The maximum Gasteiger partial charge on any atom is 0.257 e. The molecule has 2 aromatic rings. The molecule has 0 aliphatic heterocycles. The highest BCUT2D eigenvalue weighted by Gasteiger charge is 2.23. The van der Waals surface area contributed by atoms with Crippen LogP contribution in [0.1, 0.15) is 24.2 Å². The highest BCUT2D eigenvalue weighted by atomic mass is 79.9. The Morgan fingerprint density at radius 1 is 1.19 bits per heavy atom. The molecule has 2 rings (SSSR count). The van der Waals surface area contributed by atoms with Gasteiger partial charge in [0.1, 0.15) is 5.75 Å². The monoisotopic (exact) mass is 460 g/mol. The van der Waals surface area contributed by atoms with E-state index in [1.807, 2.05) is 0 Å². The van der Waals surface area contributed by atoms with Crippen LogP contribution in [0.4, 0.5) is 5.69 Å². The third-order valence-corrected chi connectivity index (χ3v) is 6.59. The van der Waals surface area contributed by atoms with Crippen molar-refractivity contribution >= 4 is 49.1 Å². The number of nitrogens with one attached hydrogen (secondary N) is 1. The summed E-state index contributed by atoms with van der Waals surface area (Å²) in [5, 5.41) is 12.7. The van der Waals surface area contributed by atoms with Gasteiger partial charge in [0.15, 0.2) is 0 Å². The van der Waals surface area contributed by atoms with Gasteiger partial charge in [-0.25, -0.2) is 8.42 Å². The standard InChI is InChI=1S/C17H18BrClN2O4S/c1-3-21(4-2)26(24,25)12-6-8-16(22)15(10-12)20-17(23)13-7-5-11(18)9-14(13)19/h5-10,22H,3-4H2,1-2H3,(H,20,23). The molecule has 1 amide bonds. The van der Waals surface area contributed by atoms with Crippen molar-refractivity contribution in [2.75, 3.05) is 18.4 Å². The van der Waals surface area contributed by atoms with Crippen LogP contribution in [0.25, 0.3) is 0 Å². The van der Waals surface area contributed by atoms with Crippen molar-refractivity contribution in [2.45, 2.75) is 18.7 Å². The van der Waals surface area contributed by atoms with E-state index in [1.54, 1.807) is 26.0 Å². The molecule has 140 valence electrons. The predicted octanol–water partition coefficient (Wildman–Crippen LogP) is 4.09. The van der Waals surface area contributed by atoms with Crippen molar-refractivity contribution in [2.24, 2.45) is 0 Å². The molecule has 0 aromatic heterocycles. The van der Waals surface area contributed by atoms with Crippen LogP contribution in [0.15, 0.2) is 45.8 Å². The topological polar surface area (TPSA) is 86.7 Å². The fourth-order valence-corrected chi connectivity index (χ4v) is 4.60.